The Labute approximate surface area is 114 Å². The molecule has 0 radical (unpaired) electrons. The van der Waals surface area contributed by atoms with Crippen LogP contribution in [-0.4, -0.2) is 29.2 Å². The molecular formula is C12H22ClN3O2. The van der Waals surface area contributed by atoms with Gasteiger partial charge < -0.3 is 0 Å². The van der Waals surface area contributed by atoms with Crippen LogP contribution in [0.1, 0.15) is 46.5 Å². The topological polar surface area (TPSA) is 73.3 Å². The molecule has 1 heterocycles. The number of imide groups is 1. The summed E-state index contributed by atoms with van der Waals surface area (Å²) in [5, 5.41) is 10.5. The van der Waals surface area contributed by atoms with E-state index < -0.39 is 11.4 Å². The van der Waals surface area contributed by atoms with E-state index in [9.17, 15) is 9.59 Å². The predicted octanol–water partition coefficient (Wildman–Crippen LogP) is 2.54. The van der Waals surface area contributed by atoms with Crippen LogP contribution >= 0.6 is 12.4 Å². The molecule has 0 aromatic heterocycles. The maximum absolute atomic E-state index is 11.9. The van der Waals surface area contributed by atoms with Crippen molar-refractivity contribution < 1.29 is 9.59 Å². The monoisotopic (exact) mass is 275 g/mol. The van der Waals surface area contributed by atoms with Crippen LogP contribution in [-0.2, 0) is 4.79 Å². The zero-order valence-corrected chi connectivity index (χ0v) is 12.0. The maximum atomic E-state index is 11.9. The number of hydrogen-bond acceptors (Lipinski definition) is 3. The molecule has 1 rings (SSSR count). The lowest BCUT2D eigenvalue weighted by atomic mass is 9.78. The molecule has 2 N–H and O–H groups in total. The molecule has 0 aliphatic carbocycles. The van der Waals surface area contributed by atoms with Crippen LogP contribution in [0.5, 0.6) is 0 Å². The predicted molar refractivity (Wildman–Crippen MR) is 73.1 cm³/mol. The molecule has 0 spiro atoms. The number of rotatable bonds is 5. The van der Waals surface area contributed by atoms with Crippen LogP contribution in [0.25, 0.3) is 0 Å². The van der Waals surface area contributed by atoms with Crippen LogP contribution in [0.3, 0.4) is 0 Å². The van der Waals surface area contributed by atoms with Crippen molar-refractivity contribution in [3.05, 3.63) is 0 Å². The largest absolute Gasteiger partial charge is 0.329 e. The molecule has 0 aromatic carbocycles. The minimum Gasteiger partial charge on any atom is -0.287 e. The molecule has 1 aliphatic heterocycles. The SMILES string of the molecule is CCCCN1C(=N)C(CC)(CC)C(=O)NC1=O.Cl. The average Bonchev–Trinajstić information content (AvgIpc) is 2.30. The number of amides is 3. The number of carbonyl (C=O) groups excluding carboxylic acids is 2. The van der Waals surface area contributed by atoms with Gasteiger partial charge in [0.25, 0.3) is 0 Å². The van der Waals surface area contributed by atoms with Crippen molar-refractivity contribution in [3.8, 4) is 0 Å². The molecule has 5 nitrogen and oxygen atoms in total. The van der Waals surface area contributed by atoms with Gasteiger partial charge in [0.2, 0.25) is 5.91 Å². The third kappa shape index (κ3) is 2.66. The molecule has 1 fully saturated rings. The van der Waals surface area contributed by atoms with E-state index in [1.165, 1.54) is 4.90 Å². The highest BCUT2D eigenvalue weighted by Crippen LogP contribution is 2.32. The second-order valence-corrected chi connectivity index (χ2v) is 4.40. The average molecular weight is 276 g/mol. The molecule has 1 aliphatic rings. The summed E-state index contributed by atoms with van der Waals surface area (Å²) >= 11 is 0. The normalized spacial score (nSPS) is 18.4. The number of nitrogens with one attached hydrogen (secondary N) is 2. The first-order chi connectivity index (χ1) is 8.03. The van der Waals surface area contributed by atoms with E-state index in [2.05, 4.69) is 5.32 Å². The molecule has 6 heteroatoms. The second-order valence-electron chi connectivity index (χ2n) is 4.40. The first-order valence-electron chi connectivity index (χ1n) is 6.25. The van der Waals surface area contributed by atoms with Crippen molar-refractivity contribution >= 4 is 30.2 Å². The number of unbranched alkanes of at least 4 members (excludes halogenated alkanes) is 1. The van der Waals surface area contributed by atoms with Gasteiger partial charge in [-0.1, -0.05) is 27.2 Å². The maximum Gasteiger partial charge on any atom is 0.329 e. The minimum absolute atomic E-state index is 0. The Morgan fingerprint density at radius 1 is 1.22 bits per heavy atom. The highest BCUT2D eigenvalue weighted by molar-refractivity contribution is 6.19. The standard InChI is InChI=1S/C12H21N3O2.ClH/c1-4-7-8-15-9(13)12(5-2,6-3)10(16)14-11(15)17;/h13H,4-8H2,1-3H3,(H,14,16,17);1H. The number of amidine groups is 1. The summed E-state index contributed by atoms with van der Waals surface area (Å²) in [6.45, 7) is 6.30. The first kappa shape index (κ1) is 16.9. The van der Waals surface area contributed by atoms with Gasteiger partial charge in [0.15, 0.2) is 0 Å². The van der Waals surface area contributed by atoms with Gasteiger partial charge in [0.05, 0.1) is 0 Å². The summed E-state index contributed by atoms with van der Waals surface area (Å²) < 4.78 is 0. The summed E-state index contributed by atoms with van der Waals surface area (Å²) in [5.74, 6) is -0.171. The lowest BCUT2D eigenvalue weighted by molar-refractivity contribution is -0.128. The fourth-order valence-corrected chi connectivity index (χ4v) is 2.19. The molecule has 0 saturated carbocycles. The molecule has 0 atom stereocenters. The summed E-state index contributed by atoms with van der Waals surface area (Å²) in [5.41, 5.74) is -0.832. The number of carbonyl (C=O) groups is 2. The van der Waals surface area contributed by atoms with Crippen molar-refractivity contribution in [2.24, 2.45) is 5.41 Å². The molecule has 0 unspecified atom stereocenters. The fourth-order valence-electron chi connectivity index (χ4n) is 2.19. The quantitative estimate of drug-likeness (QED) is 0.809. The second kappa shape index (κ2) is 6.73. The van der Waals surface area contributed by atoms with E-state index in [1.54, 1.807) is 0 Å². The molecule has 0 bridgehead atoms. The summed E-state index contributed by atoms with van der Waals surface area (Å²) in [6, 6.07) is -0.453. The zero-order chi connectivity index (χ0) is 13.1. The van der Waals surface area contributed by atoms with Crippen LogP contribution in [0.4, 0.5) is 4.79 Å². The van der Waals surface area contributed by atoms with Gasteiger partial charge in [0, 0.05) is 6.54 Å². The highest BCUT2D eigenvalue weighted by atomic mass is 35.5. The highest BCUT2D eigenvalue weighted by Gasteiger charge is 2.48. The van der Waals surface area contributed by atoms with Gasteiger partial charge in [0.1, 0.15) is 11.3 Å². The van der Waals surface area contributed by atoms with Gasteiger partial charge in [-0.15, -0.1) is 12.4 Å². The molecule has 0 aromatic rings. The Bertz CT molecular complexity index is 340. The van der Waals surface area contributed by atoms with Gasteiger partial charge >= 0.3 is 6.03 Å². The van der Waals surface area contributed by atoms with Crippen molar-refractivity contribution in [1.82, 2.24) is 10.2 Å². The van der Waals surface area contributed by atoms with Gasteiger partial charge in [-0.3, -0.25) is 20.4 Å². The molecular weight excluding hydrogens is 254 g/mol. The molecule has 1 saturated heterocycles. The van der Waals surface area contributed by atoms with Crippen molar-refractivity contribution in [2.45, 2.75) is 46.5 Å². The van der Waals surface area contributed by atoms with E-state index in [0.717, 1.165) is 12.8 Å². The van der Waals surface area contributed by atoms with Gasteiger partial charge in [-0.25, -0.2) is 4.79 Å². The Balaban J connectivity index is 0.00000289. The third-order valence-corrected chi connectivity index (χ3v) is 3.57. The van der Waals surface area contributed by atoms with E-state index in [0.29, 0.717) is 19.4 Å². The summed E-state index contributed by atoms with van der Waals surface area (Å²) in [7, 11) is 0. The Morgan fingerprint density at radius 2 is 1.78 bits per heavy atom. The minimum atomic E-state index is -0.832. The van der Waals surface area contributed by atoms with Crippen LogP contribution < -0.4 is 5.32 Å². The zero-order valence-electron chi connectivity index (χ0n) is 11.2. The van der Waals surface area contributed by atoms with E-state index >= 15 is 0 Å². The molecule has 3 amide bonds. The van der Waals surface area contributed by atoms with Crippen molar-refractivity contribution in [1.29, 1.82) is 5.41 Å². The Kier molecular flexibility index (Phi) is 6.32. The van der Waals surface area contributed by atoms with Crippen molar-refractivity contribution in [3.63, 3.8) is 0 Å². The number of halogens is 1. The molecule has 104 valence electrons. The number of hydrogen-bond donors (Lipinski definition) is 2. The third-order valence-electron chi connectivity index (χ3n) is 3.57. The lowest BCUT2D eigenvalue weighted by Crippen LogP contribution is -2.63. The lowest BCUT2D eigenvalue weighted by Gasteiger charge is -2.40. The Hall–Kier alpha value is -1.10. The summed E-state index contributed by atoms with van der Waals surface area (Å²) in [4.78, 5) is 25.0. The van der Waals surface area contributed by atoms with E-state index in [-0.39, 0.29) is 24.1 Å². The first-order valence-corrected chi connectivity index (χ1v) is 6.25. The Morgan fingerprint density at radius 3 is 2.22 bits per heavy atom. The fraction of sp³-hybridized carbons (Fsp3) is 0.750. The van der Waals surface area contributed by atoms with Gasteiger partial charge in [-0.2, -0.15) is 0 Å². The smallest absolute Gasteiger partial charge is 0.287 e. The van der Waals surface area contributed by atoms with Crippen LogP contribution in [0.15, 0.2) is 0 Å². The summed E-state index contributed by atoms with van der Waals surface area (Å²) in [6.07, 6.45) is 2.89. The molecule has 18 heavy (non-hydrogen) atoms. The van der Waals surface area contributed by atoms with E-state index in [4.69, 9.17) is 5.41 Å². The number of nitrogens with zero attached hydrogens (tertiary/aromatic N) is 1. The number of urea groups is 1. The van der Waals surface area contributed by atoms with Crippen LogP contribution in [0, 0.1) is 10.8 Å². The van der Waals surface area contributed by atoms with Gasteiger partial charge in [-0.05, 0) is 19.3 Å². The van der Waals surface area contributed by atoms with Crippen molar-refractivity contribution in [2.75, 3.05) is 6.54 Å². The van der Waals surface area contributed by atoms with Crippen LogP contribution in [0.2, 0.25) is 0 Å². The van der Waals surface area contributed by atoms with E-state index in [1.807, 2.05) is 20.8 Å².